The molecular formula is C30H33F3O3. The summed E-state index contributed by atoms with van der Waals surface area (Å²) in [5.41, 5.74) is 1.38. The van der Waals surface area contributed by atoms with Crippen LogP contribution in [-0.4, -0.2) is 12.6 Å². The van der Waals surface area contributed by atoms with Gasteiger partial charge in [-0.3, -0.25) is 4.79 Å². The van der Waals surface area contributed by atoms with E-state index in [-0.39, 0.29) is 29.6 Å². The topological polar surface area (TPSA) is 38.8 Å². The van der Waals surface area contributed by atoms with Crippen LogP contribution in [0.5, 0.6) is 5.75 Å². The Kier molecular flexibility index (Phi) is 7.52. The molecule has 2 aromatic carbocycles. The van der Waals surface area contributed by atoms with Crippen molar-refractivity contribution in [3.63, 3.8) is 0 Å². The summed E-state index contributed by atoms with van der Waals surface area (Å²) in [6, 6.07) is 7.91. The summed E-state index contributed by atoms with van der Waals surface area (Å²) in [6.07, 6.45) is 10.0. The molecule has 0 amide bonds. The van der Waals surface area contributed by atoms with Gasteiger partial charge in [0.15, 0.2) is 11.6 Å². The van der Waals surface area contributed by atoms with Crippen molar-refractivity contribution >= 4 is 5.97 Å². The lowest BCUT2D eigenvalue weighted by atomic mass is 9.76. The molecule has 6 heteroatoms. The second-order valence-corrected chi connectivity index (χ2v) is 10.5. The van der Waals surface area contributed by atoms with E-state index in [2.05, 4.69) is 12.2 Å². The number of ether oxygens (including phenoxy) is 2. The molecule has 2 saturated carbocycles. The molecule has 36 heavy (non-hydrogen) atoms. The summed E-state index contributed by atoms with van der Waals surface area (Å²) in [5.74, 6) is -1.97. The standard InChI is InChI=1S/C30H33F3O3/c1-2-3-18-4-6-19(7-5-18)23-14-15-24(29(33)28(23)32)20-8-10-21(11-9-20)30(34)36-22-12-13-25(26(31)16-22)27-17-35-27/h2-3,12-16,18-21,27H,4-11,17H2,1H3/b3-2+. The Morgan fingerprint density at radius 2 is 1.42 bits per heavy atom. The van der Waals surface area contributed by atoms with E-state index in [1.165, 1.54) is 6.07 Å². The molecule has 2 aromatic rings. The zero-order valence-electron chi connectivity index (χ0n) is 20.7. The average molecular weight is 499 g/mol. The van der Waals surface area contributed by atoms with Gasteiger partial charge in [-0.15, -0.1) is 0 Å². The van der Waals surface area contributed by atoms with Gasteiger partial charge in [-0.1, -0.05) is 24.3 Å². The van der Waals surface area contributed by atoms with Crippen LogP contribution in [0.1, 0.15) is 92.9 Å². The van der Waals surface area contributed by atoms with Gasteiger partial charge in [0, 0.05) is 11.6 Å². The first-order valence-corrected chi connectivity index (χ1v) is 13.2. The molecule has 0 bridgehead atoms. The van der Waals surface area contributed by atoms with Gasteiger partial charge in [0.1, 0.15) is 17.7 Å². The first-order chi connectivity index (χ1) is 17.4. The van der Waals surface area contributed by atoms with Crippen LogP contribution in [0.15, 0.2) is 42.5 Å². The van der Waals surface area contributed by atoms with Gasteiger partial charge in [0.05, 0.1) is 12.5 Å². The summed E-state index contributed by atoms with van der Waals surface area (Å²) >= 11 is 0. The highest BCUT2D eigenvalue weighted by molar-refractivity contribution is 5.75. The molecule has 192 valence electrons. The van der Waals surface area contributed by atoms with E-state index in [1.54, 1.807) is 24.3 Å². The summed E-state index contributed by atoms with van der Waals surface area (Å²) < 4.78 is 55.0. The molecule has 2 aliphatic carbocycles. The van der Waals surface area contributed by atoms with E-state index in [1.807, 2.05) is 6.92 Å². The molecule has 0 radical (unpaired) electrons. The van der Waals surface area contributed by atoms with Crippen LogP contribution in [0, 0.1) is 29.3 Å². The highest BCUT2D eigenvalue weighted by atomic mass is 19.2. The highest BCUT2D eigenvalue weighted by Gasteiger charge is 2.33. The molecule has 1 saturated heterocycles. The molecule has 1 heterocycles. The van der Waals surface area contributed by atoms with Crippen LogP contribution in [0.4, 0.5) is 13.2 Å². The molecule has 0 spiro atoms. The molecular weight excluding hydrogens is 465 g/mol. The zero-order chi connectivity index (χ0) is 25.2. The maximum Gasteiger partial charge on any atom is 0.314 e. The number of carbonyl (C=O) groups excluding carboxylic acids is 1. The summed E-state index contributed by atoms with van der Waals surface area (Å²) in [4.78, 5) is 12.7. The predicted octanol–water partition coefficient (Wildman–Crippen LogP) is 7.90. The smallest absolute Gasteiger partial charge is 0.314 e. The fourth-order valence-electron chi connectivity index (χ4n) is 6.00. The van der Waals surface area contributed by atoms with Crippen molar-refractivity contribution in [2.75, 3.05) is 6.61 Å². The normalized spacial score (nSPS) is 28.3. The minimum atomic E-state index is -0.732. The minimum absolute atomic E-state index is 0.0660. The molecule has 1 atom stereocenters. The van der Waals surface area contributed by atoms with Gasteiger partial charge in [0.25, 0.3) is 0 Å². The Morgan fingerprint density at radius 1 is 0.861 bits per heavy atom. The average Bonchev–Trinajstić information content (AvgIpc) is 3.72. The Bertz CT molecular complexity index is 1120. The molecule has 0 N–H and O–H groups in total. The number of allylic oxidation sites excluding steroid dienone is 2. The van der Waals surface area contributed by atoms with Crippen molar-refractivity contribution in [2.24, 2.45) is 11.8 Å². The third kappa shape index (κ3) is 5.39. The van der Waals surface area contributed by atoms with Crippen LogP contribution in [0.25, 0.3) is 0 Å². The SMILES string of the molecule is C/C=C/C1CCC(c2ccc(C3CCC(C(=O)Oc4ccc(C5CO5)c(F)c4)CC3)c(F)c2F)CC1. The number of carbonyl (C=O) groups is 1. The maximum absolute atomic E-state index is 15.2. The molecule has 0 aromatic heterocycles. The number of epoxide rings is 1. The highest BCUT2D eigenvalue weighted by Crippen LogP contribution is 2.42. The number of rotatable bonds is 6. The molecule has 1 aliphatic heterocycles. The van der Waals surface area contributed by atoms with E-state index in [9.17, 15) is 9.18 Å². The number of hydrogen-bond acceptors (Lipinski definition) is 3. The lowest BCUT2D eigenvalue weighted by molar-refractivity contribution is -0.140. The van der Waals surface area contributed by atoms with Gasteiger partial charge in [-0.2, -0.15) is 0 Å². The summed E-state index contributed by atoms with van der Waals surface area (Å²) in [7, 11) is 0. The van der Waals surface area contributed by atoms with E-state index < -0.39 is 23.4 Å². The Balaban J connectivity index is 1.17. The molecule has 1 unspecified atom stereocenters. The third-order valence-corrected chi connectivity index (χ3v) is 8.19. The zero-order valence-corrected chi connectivity index (χ0v) is 20.7. The van der Waals surface area contributed by atoms with Gasteiger partial charge in [-0.25, -0.2) is 13.2 Å². The summed E-state index contributed by atoms with van der Waals surface area (Å²) in [5, 5.41) is 0. The monoisotopic (exact) mass is 498 g/mol. The van der Waals surface area contributed by atoms with Crippen LogP contribution in [-0.2, 0) is 9.53 Å². The van der Waals surface area contributed by atoms with E-state index >= 15 is 8.78 Å². The molecule has 3 fully saturated rings. The van der Waals surface area contributed by atoms with E-state index in [0.717, 1.165) is 25.7 Å². The maximum atomic E-state index is 15.2. The lowest BCUT2D eigenvalue weighted by Gasteiger charge is -2.30. The van der Waals surface area contributed by atoms with Crippen LogP contribution in [0.3, 0.4) is 0 Å². The van der Waals surface area contributed by atoms with Crippen LogP contribution >= 0.6 is 0 Å². The number of esters is 1. The second kappa shape index (κ2) is 10.8. The fourth-order valence-corrected chi connectivity index (χ4v) is 6.00. The second-order valence-electron chi connectivity index (χ2n) is 10.5. The van der Waals surface area contributed by atoms with Crippen molar-refractivity contribution in [1.29, 1.82) is 0 Å². The van der Waals surface area contributed by atoms with Crippen molar-refractivity contribution in [2.45, 2.75) is 76.2 Å². The van der Waals surface area contributed by atoms with Gasteiger partial charge >= 0.3 is 5.97 Å². The van der Waals surface area contributed by atoms with Crippen LogP contribution < -0.4 is 4.74 Å². The number of benzene rings is 2. The number of halogens is 3. The molecule has 3 nitrogen and oxygen atoms in total. The van der Waals surface area contributed by atoms with Gasteiger partial charge < -0.3 is 9.47 Å². The predicted molar refractivity (Wildman–Crippen MR) is 131 cm³/mol. The van der Waals surface area contributed by atoms with Gasteiger partial charge in [-0.05, 0) is 99.3 Å². The van der Waals surface area contributed by atoms with Crippen molar-refractivity contribution in [3.05, 3.63) is 76.6 Å². The first-order valence-electron chi connectivity index (χ1n) is 13.2. The first kappa shape index (κ1) is 25.1. The molecule has 5 rings (SSSR count). The van der Waals surface area contributed by atoms with E-state index in [4.69, 9.17) is 9.47 Å². The number of hydrogen-bond donors (Lipinski definition) is 0. The summed E-state index contributed by atoms with van der Waals surface area (Å²) in [6.45, 7) is 2.52. The Morgan fingerprint density at radius 3 is 1.94 bits per heavy atom. The largest absolute Gasteiger partial charge is 0.426 e. The van der Waals surface area contributed by atoms with Crippen LogP contribution in [0.2, 0.25) is 0 Å². The van der Waals surface area contributed by atoms with Crippen molar-refractivity contribution < 1.29 is 27.4 Å². The third-order valence-electron chi connectivity index (χ3n) is 8.19. The quantitative estimate of drug-likeness (QED) is 0.176. The van der Waals surface area contributed by atoms with Crippen molar-refractivity contribution in [3.8, 4) is 5.75 Å². The Labute approximate surface area is 210 Å². The van der Waals surface area contributed by atoms with E-state index in [0.29, 0.717) is 54.9 Å². The van der Waals surface area contributed by atoms with Crippen molar-refractivity contribution in [1.82, 2.24) is 0 Å². The molecule has 3 aliphatic rings. The Hall–Kier alpha value is -2.60. The lowest BCUT2D eigenvalue weighted by Crippen LogP contribution is -2.25. The fraction of sp³-hybridized carbons (Fsp3) is 0.500. The minimum Gasteiger partial charge on any atom is -0.426 e. The van der Waals surface area contributed by atoms with Gasteiger partial charge in [0.2, 0.25) is 0 Å².